The number of morpholine rings is 1. The molecule has 3 N–H and O–H groups in total. The first-order valence-corrected chi connectivity index (χ1v) is 12.3. The number of nitrogens with one attached hydrogen (secondary N) is 2. The van der Waals surface area contributed by atoms with Crippen molar-refractivity contribution in [1.82, 2.24) is 24.8 Å². The number of benzene rings is 2. The van der Waals surface area contributed by atoms with E-state index in [1.165, 1.54) is 6.20 Å². The Morgan fingerprint density at radius 3 is 1.71 bits per heavy atom. The first kappa shape index (κ1) is 29.5. The van der Waals surface area contributed by atoms with E-state index in [1.807, 2.05) is 41.3 Å². The number of halogens is 2. The predicted molar refractivity (Wildman–Crippen MR) is 141 cm³/mol. The quantitative estimate of drug-likeness (QED) is 0.303. The molecule has 1 amide bonds. The summed E-state index contributed by atoms with van der Waals surface area (Å²) in [6, 6.07) is 14.6. The number of aromatic nitrogens is 4. The monoisotopic (exact) mass is 592 g/mol. The van der Waals surface area contributed by atoms with Gasteiger partial charge in [-0.3, -0.25) is 9.59 Å². The molecule has 2 aromatic carbocycles. The van der Waals surface area contributed by atoms with Crippen LogP contribution in [0.3, 0.4) is 0 Å². The van der Waals surface area contributed by atoms with Gasteiger partial charge in [0.1, 0.15) is 11.6 Å². The molecule has 0 atom stereocenters. The van der Waals surface area contributed by atoms with Gasteiger partial charge in [0.25, 0.3) is 0 Å². The van der Waals surface area contributed by atoms with E-state index in [2.05, 4.69) is 19.9 Å². The number of H-pyrrole nitrogens is 2. The van der Waals surface area contributed by atoms with Gasteiger partial charge in [-0.15, -0.1) is 0 Å². The Kier molecular flexibility index (Phi) is 11.0. The first-order valence-electron chi connectivity index (χ1n) is 11.5. The molecule has 0 unspecified atom stereocenters. The number of amides is 1. The largest absolute Gasteiger partial charge is 0.481 e. The molecule has 12 heteroatoms. The average Bonchev–Trinajstić information content (AvgIpc) is 3.55. The maximum atomic E-state index is 12.2. The molecule has 1 aliphatic heterocycles. The summed E-state index contributed by atoms with van der Waals surface area (Å²) in [5.41, 5.74) is 3.22. The van der Waals surface area contributed by atoms with Gasteiger partial charge in [-0.25, -0.2) is 9.97 Å². The number of carbonyl (C=O) groups excluding carboxylic acids is 1. The maximum Gasteiger partial charge on any atom is 0.309 e. The van der Waals surface area contributed by atoms with Crippen LogP contribution in [0.1, 0.15) is 11.4 Å². The fourth-order valence-corrected chi connectivity index (χ4v) is 3.91. The number of ether oxygens (including phenoxy) is 1. The van der Waals surface area contributed by atoms with Crippen molar-refractivity contribution in [2.45, 2.75) is 12.8 Å². The Morgan fingerprint density at radius 2 is 1.26 bits per heavy atom. The van der Waals surface area contributed by atoms with Crippen LogP contribution in [0, 0.1) is 0 Å². The molecule has 1 saturated heterocycles. The second kappa shape index (κ2) is 14.2. The zero-order chi connectivity index (χ0) is 26.2. The third kappa shape index (κ3) is 8.47. The summed E-state index contributed by atoms with van der Waals surface area (Å²) in [6.45, 7) is 2.56. The van der Waals surface area contributed by atoms with Crippen LogP contribution in [-0.4, -0.2) is 68.1 Å². The van der Waals surface area contributed by atoms with Gasteiger partial charge in [0.15, 0.2) is 0 Å². The molecule has 1 radical (unpaired) electrons. The van der Waals surface area contributed by atoms with Crippen LogP contribution in [0.2, 0.25) is 10.0 Å². The molecular formula is C26H25Cl2N5O4V. The molecule has 197 valence electrons. The third-order valence-electron chi connectivity index (χ3n) is 5.54. The number of aromatic amines is 2. The Labute approximate surface area is 241 Å². The zero-order valence-corrected chi connectivity index (χ0v) is 23.1. The SMILES string of the molecule is O=C(Cc1cnc(-c2ccc(Cl)cc2)[nH]1)N1CCOCC1.O=C(O)Cc1cnc(-c2ccc(Cl)cc2)[nH]1.[V]. The Morgan fingerprint density at radius 1 is 0.816 bits per heavy atom. The van der Waals surface area contributed by atoms with E-state index in [0.717, 1.165) is 22.6 Å². The number of rotatable bonds is 6. The van der Waals surface area contributed by atoms with Gasteiger partial charge in [-0.05, 0) is 48.5 Å². The molecule has 2 aromatic heterocycles. The van der Waals surface area contributed by atoms with Crippen LogP contribution in [0.25, 0.3) is 22.8 Å². The summed E-state index contributed by atoms with van der Waals surface area (Å²) >= 11 is 11.6. The van der Waals surface area contributed by atoms with Gasteiger partial charge in [-0.2, -0.15) is 0 Å². The normalized spacial score (nSPS) is 12.7. The van der Waals surface area contributed by atoms with Crippen molar-refractivity contribution in [3.63, 3.8) is 0 Å². The van der Waals surface area contributed by atoms with Crippen LogP contribution in [0.5, 0.6) is 0 Å². The van der Waals surface area contributed by atoms with Crippen molar-refractivity contribution >= 4 is 35.1 Å². The summed E-state index contributed by atoms with van der Waals surface area (Å²) in [7, 11) is 0. The van der Waals surface area contributed by atoms with Crippen molar-refractivity contribution in [2.75, 3.05) is 26.3 Å². The summed E-state index contributed by atoms with van der Waals surface area (Å²) in [6.07, 6.45) is 3.52. The summed E-state index contributed by atoms with van der Waals surface area (Å²) in [5, 5.41) is 9.96. The van der Waals surface area contributed by atoms with Crippen molar-refractivity contribution < 1.29 is 38.0 Å². The van der Waals surface area contributed by atoms with Crippen LogP contribution in [0.15, 0.2) is 60.9 Å². The molecule has 9 nitrogen and oxygen atoms in total. The van der Waals surface area contributed by atoms with Gasteiger partial charge in [0, 0.05) is 76.6 Å². The van der Waals surface area contributed by atoms with Gasteiger partial charge >= 0.3 is 5.97 Å². The second-order valence-electron chi connectivity index (χ2n) is 8.27. The van der Waals surface area contributed by atoms with Gasteiger partial charge < -0.3 is 24.7 Å². The maximum absolute atomic E-state index is 12.2. The van der Waals surface area contributed by atoms with E-state index < -0.39 is 5.97 Å². The number of carboxylic acids is 1. The predicted octanol–water partition coefficient (Wildman–Crippen LogP) is 4.49. The average molecular weight is 593 g/mol. The van der Waals surface area contributed by atoms with Crippen molar-refractivity contribution in [1.29, 1.82) is 0 Å². The molecule has 3 heterocycles. The standard InChI is InChI=1S/C15H16ClN3O2.C11H9ClN2O2.V/c16-12-3-1-11(2-4-12)15-17-10-13(18-15)9-14(20)19-5-7-21-8-6-19;12-8-3-1-7(2-4-8)11-13-6-9(14-11)5-10(15)16;/h1-4,10H,5-9H2,(H,17,18);1-4,6H,5H2,(H,13,14)(H,15,16);. The van der Waals surface area contributed by atoms with E-state index in [4.69, 9.17) is 33.0 Å². The number of aliphatic carboxylic acids is 1. The Bertz CT molecular complexity index is 1340. The minimum Gasteiger partial charge on any atom is -0.481 e. The fourth-order valence-electron chi connectivity index (χ4n) is 3.66. The van der Waals surface area contributed by atoms with E-state index in [0.29, 0.717) is 54.3 Å². The van der Waals surface area contributed by atoms with E-state index in [1.54, 1.807) is 18.3 Å². The Hall–Kier alpha value is -3.08. The number of imidazole rings is 2. The van der Waals surface area contributed by atoms with Gasteiger partial charge in [-0.1, -0.05) is 23.2 Å². The number of nitrogens with zero attached hydrogens (tertiary/aromatic N) is 3. The zero-order valence-electron chi connectivity index (χ0n) is 20.2. The number of hydrogen-bond donors (Lipinski definition) is 3. The molecule has 0 aliphatic carbocycles. The molecule has 5 rings (SSSR count). The van der Waals surface area contributed by atoms with E-state index in [-0.39, 0.29) is 30.9 Å². The molecule has 0 bridgehead atoms. The van der Waals surface area contributed by atoms with Crippen molar-refractivity contribution in [3.8, 4) is 22.8 Å². The molecule has 1 aliphatic rings. The minimum absolute atomic E-state index is 0. The van der Waals surface area contributed by atoms with Crippen LogP contribution in [-0.2, 0) is 45.7 Å². The van der Waals surface area contributed by atoms with Crippen LogP contribution < -0.4 is 0 Å². The summed E-state index contributed by atoms with van der Waals surface area (Å²) < 4.78 is 5.25. The first-order chi connectivity index (χ1) is 17.9. The second-order valence-corrected chi connectivity index (χ2v) is 9.14. The summed E-state index contributed by atoms with van der Waals surface area (Å²) in [4.78, 5) is 39.0. The van der Waals surface area contributed by atoms with Crippen molar-refractivity contribution in [2.24, 2.45) is 0 Å². The third-order valence-corrected chi connectivity index (χ3v) is 6.04. The number of carbonyl (C=O) groups is 2. The number of carboxylic acid groups (broad SMARTS) is 1. The Balaban J connectivity index is 0.000000213. The molecule has 38 heavy (non-hydrogen) atoms. The number of hydrogen-bond acceptors (Lipinski definition) is 5. The van der Waals surface area contributed by atoms with Gasteiger partial charge in [0.05, 0.1) is 26.1 Å². The summed E-state index contributed by atoms with van der Waals surface area (Å²) in [5.74, 6) is 0.611. The topological polar surface area (TPSA) is 124 Å². The van der Waals surface area contributed by atoms with E-state index >= 15 is 0 Å². The van der Waals surface area contributed by atoms with Gasteiger partial charge in [0.2, 0.25) is 5.91 Å². The minimum atomic E-state index is -0.883. The van der Waals surface area contributed by atoms with Crippen LogP contribution in [0.4, 0.5) is 0 Å². The molecule has 4 aromatic rings. The molecule has 1 fully saturated rings. The van der Waals surface area contributed by atoms with E-state index in [9.17, 15) is 9.59 Å². The van der Waals surface area contributed by atoms with Crippen LogP contribution >= 0.6 is 23.2 Å². The van der Waals surface area contributed by atoms with Crippen molar-refractivity contribution in [3.05, 3.63) is 82.4 Å². The molecule has 0 spiro atoms. The smallest absolute Gasteiger partial charge is 0.309 e. The fraction of sp³-hybridized carbons (Fsp3) is 0.231. The molecule has 0 saturated carbocycles. The molecular weight excluding hydrogens is 568 g/mol.